The summed E-state index contributed by atoms with van der Waals surface area (Å²) in [7, 11) is 0. The lowest BCUT2D eigenvalue weighted by Crippen LogP contribution is -2.46. The van der Waals surface area contributed by atoms with Gasteiger partial charge in [-0.1, -0.05) is 0 Å². The Hall–Kier alpha value is -3.04. The normalized spacial score (nSPS) is 14.6. The summed E-state index contributed by atoms with van der Waals surface area (Å²) in [4.78, 5) is 31.9. The summed E-state index contributed by atoms with van der Waals surface area (Å²) in [5.74, 6) is 0.689. The van der Waals surface area contributed by atoms with Crippen LogP contribution in [0.25, 0.3) is 21.0 Å². The highest BCUT2D eigenvalue weighted by atomic mass is 32.1. The Morgan fingerprint density at radius 2 is 2.14 bits per heavy atom. The van der Waals surface area contributed by atoms with E-state index >= 15 is 0 Å². The maximum atomic E-state index is 12.9. The van der Waals surface area contributed by atoms with Crippen molar-refractivity contribution in [3.8, 4) is 0 Å². The number of amides is 1. The third-order valence-electron chi connectivity index (χ3n) is 5.08. The number of nitrogens with one attached hydrogen (secondary N) is 3. The molecule has 0 unspecified atom stereocenters. The molecule has 1 amide bonds. The number of piperazine rings is 1. The average Bonchev–Trinajstić information content (AvgIpc) is 3.44. The van der Waals surface area contributed by atoms with Gasteiger partial charge in [-0.3, -0.25) is 4.79 Å². The quantitative estimate of drug-likeness (QED) is 0.469. The minimum absolute atomic E-state index is 0.104. The molecule has 1 fully saturated rings. The molecule has 9 heteroatoms. The monoisotopic (exact) mass is 407 g/mol. The van der Waals surface area contributed by atoms with Gasteiger partial charge in [-0.25, -0.2) is 15.0 Å². The zero-order chi connectivity index (χ0) is 19.6. The SMILES string of the molecule is O=C(c1cc2c(ccc3cnc(NCCc4c[nH]cn4)nc32)s1)N1CCNCC1. The van der Waals surface area contributed by atoms with Crippen molar-refractivity contribution in [1.82, 2.24) is 30.2 Å². The second kappa shape index (κ2) is 7.76. The minimum Gasteiger partial charge on any atom is -0.354 e. The van der Waals surface area contributed by atoms with E-state index in [4.69, 9.17) is 4.98 Å². The minimum atomic E-state index is 0.104. The van der Waals surface area contributed by atoms with Gasteiger partial charge in [0.1, 0.15) is 0 Å². The zero-order valence-electron chi connectivity index (χ0n) is 15.8. The van der Waals surface area contributed by atoms with Gasteiger partial charge >= 0.3 is 0 Å². The van der Waals surface area contributed by atoms with Crippen LogP contribution in [0.2, 0.25) is 0 Å². The molecule has 1 aliphatic heterocycles. The lowest BCUT2D eigenvalue weighted by molar-refractivity contribution is 0.0741. The lowest BCUT2D eigenvalue weighted by Gasteiger charge is -2.26. The molecule has 29 heavy (non-hydrogen) atoms. The molecule has 1 aliphatic rings. The third-order valence-corrected chi connectivity index (χ3v) is 6.17. The third kappa shape index (κ3) is 3.66. The number of hydrogen-bond acceptors (Lipinski definition) is 7. The molecule has 0 atom stereocenters. The van der Waals surface area contributed by atoms with Crippen LogP contribution in [0.3, 0.4) is 0 Å². The van der Waals surface area contributed by atoms with Crippen LogP contribution in [0, 0.1) is 0 Å². The summed E-state index contributed by atoms with van der Waals surface area (Å²) >= 11 is 1.53. The topological polar surface area (TPSA) is 98.8 Å². The Labute approximate surface area is 171 Å². The maximum absolute atomic E-state index is 12.9. The fourth-order valence-electron chi connectivity index (χ4n) is 3.55. The molecule has 0 radical (unpaired) electrons. The van der Waals surface area contributed by atoms with Crippen molar-refractivity contribution >= 4 is 44.2 Å². The molecular weight excluding hydrogens is 386 g/mol. The van der Waals surface area contributed by atoms with Crippen LogP contribution in [0.4, 0.5) is 5.95 Å². The van der Waals surface area contributed by atoms with Gasteiger partial charge in [0, 0.05) is 67.0 Å². The zero-order valence-corrected chi connectivity index (χ0v) is 16.6. The number of thiophene rings is 1. The van der Waals surface area contributed by atoms with Crippen molar-refractivity contribution in [3.05, 3.63) is 47.5 Å². The van der Waals surface area contributed by atoms with Gasteiger partial charge in [-0.05, 0) is 18.2 Å². The first-order valence-corrected chi connectivity index (χ1v) is 10.5. The van der Waals surface area contributed by atoms with Crippen molar-refractivity contribution < 1.29 is 4.79 Å². The molecule has 3 N–H and O–H groups in total. The number of fused-ring (bicyclic) bond motifs is 3. The lowest BCUT2D eigenvalue weighted by atomic mass is 10.1. The highest BCUT2D eigenvalue weighted by molar-refractivity contribution is 7.21. The molecule has 0 saturated carbocycles. The Morgan fingerprint density at radius 1 is 1.24 bits per heavy atom. The summed E-state index contributed by atoms with van der Waals surface area (Å²) in [6.45, 7) is 3.89. The number of nitrogens with zero attached hydrogens (tertiary/aromatic N) is 4. The number of aromatic amines is 1. The van der Waals surface area contributed by atoms with E-state index in [1.165, 1.54) is 11.3 Å². The van der Waals surface area contributed by atoms with Gasteiger partial charge in [0.2, 0.25) is 5.95 Å². The molecular formula is C20H21N7OS. The summed E-state index contributed by atoms with van der Waals surface area (Å²) in [5, 5.41) is 8.52. The van der Waals surface area contributed by atoms with Crippen LogP contribution >= 0.6 is 11.3 Å². The van der Waals surface area contributed by atoms with E-state index in [1.54, 1.807) is 6.33 Å². The number of aromatic nitrogens is 4. The first-order valence-electron chi connectivity index (χ1n) is 9.69. The molecule has 1 aromatic carbocycles. The van der Waals surface area contributed by atoms with E-state index < -0.39 is 0 Å². The second-order valence-corrected chi connectivity index (χ2v) is 8.08. The second-order valence-electron chi connectivity index (χ2n) is 7.00. The fraction of sp³-hybridized carbons (Fsp3) is 0.300. The molecule has 0 bridgehead atoms. The van der Waals surface area contributed by atoms with Crippen LogP contribution < -0.4 is 10.6 Å². The van der Waals surface area contributed by atoms with Crippen molar-refractivity contribution in [2.75, 3.05) is 38.0 Å². The number of rotatable bonds is 5. The number of benzene rings is 1. The molecule has 0 aliphatic carbocycles. The fourth-order valence-corrected chi connectivity index (χ4v) is 4.58. The smallest absolute Gasteiger partial charge is 0.264 e. The largest absolute Gasteiger partial charge is 0.354 e. The van der Waals surface area contributed by atoms with Crippen molar-refractivity contribution in [3.63, 3.8) is 0 Å². The molecule has 4 aromatic rings. The van der Waals surface area contributed by atoms with E-state index in [0.29, 0.717) is 12.5 Å². The van der Waals surface area contributed by atoms with Gasteiger partial charge in [0.25, 0.3) is 5.91 Å². The summed E-state index contributed by atoms with van der Waals surface area (Å²) in [6.07, 6.45) is 6.17. The summed E-state index contributed by atoms with van der Waals surface area (Å²) in [5.41, 5.74) is 1.87. The molecule has 3 aromatic heterocycles. The Kier molecular flexibility index (Phi) is 4.82. The van der Waals surface area contributed by atoms with Gasteiger partial charge < -0.3 is 20.5 Å². The van der Waals surface area contributed by atoms with E-state index in [9.17, 15) is 4.79 Å². The Morgan fingerprint density at radius 3 is 2.97 bits per heavy atom. The van der Waals surface area contributed by atoms with Gasteiger partial charge in [0.05, 0.1) is 22.4 Å². The van der Waals surface area contributed by atoms with E-state index in [2.05, 4.69) is 25.6 Å². The van der Waals surface area contributed by atoms with E-state index in [-0.39, 0.29) is 5.91 Å². The number of hydrogen-bond donors (Lipinski definition) is 3. The average molecular weight is 408 g/mol. The van der Waals surface area contributed by atoms with Crippen LogP contribution in [-0.4, -0.2) is 63.5 Å². The first-order chi connectivity index (χ1) is 14.3. The maximum Gasteiger partial charge on any atom is 0.264 e. The molecule has 1 saturated heterocycles. The number of carbonyl (C=O) groups is 1. The predicted octanol–water partition coefficient (Wildman–Crippen LogP) is 2.27. The molecule has 8 nitrogen and oxygen atoms in total. The molecule has 4 heterocycles. The van der Waals surface area contributed by atoms with Gasteiger partial charge in [-0.2, -0.15) is 0 Å². The number of anilines is 1. The van der Waals surface area contributed by atoms with Crippen LogP contribution in [0.15, 0.2) is 36.9 Å². The Balaban J connectivity index is 1.41. The van der Waals surface area contributed by atoms with E-state index in [1.807, 2.05) is 35.5 Å². The van der Waals surface area contributed by atoms with Crippen LogP contribution in [0.5, 0.6) is 0 Å². The number of H-pyrrole nitrogens is 1. The summed E-state index contributed by atoms with van der Waals surface area (Å²) in [6, 6.07) is 6.04. The Bertz CT molecular complexity index is 1150. The van der Waals surface area contributed by atoms with Gasteiger partial charge in [0.15, 0.2) is 0 Å². The standard InChI is InChI=1S/C20H21N7OS/c28-19(27-7-5-21-6-8-27)17-9-15-16(29-17)2-1-13-10-24-20(26-18(13)15)23-4-3-14-11-22-12-25-14/h1-2,9-12,21H,3-8H2,(H,22,25)(H,23,24,26). The van der Waals surface area contributed by atoms with Crippen molar-refractivity contribution in [1.29, 1.82) is 0 Å². The van der Waals surface area contributed by atoms with Crippen LogP contribution in [0.1, 0.15) is 15.4 Å². The predicted molar refractivity (Wildman–Crippen MR) is 114 cm³/mol. The molecule has 0 spiro atoms. The van der Waals surface area contributed by atoms with E-state index in [0.717, 1.165) is 64.2 Å². The molecule has 148 valence electrons. The first kappa shape index (κ1) is 18.0. The highest BCUT2D eigenvalue weighted by Crippen LogP contribution is 2.32. The number of carbonyl (C=O) groups excluding carboxylic acids is 1. The molecule has 5 rings (SSSR count). The summed E-state index contributed by atoms with van der Waals surface area (Å²) < 4.78 is 1.07. The van der Waals surface area contributed by atoms with Crippen molar-refractivity contribution in [2.24, 2.45) is 0 Å². The highest BCUT2D eigenvalue weighted by Gasteiger charge is 2.20. The number of imidazole rings is 1. The van der Waals surface area contributed by atoms with Crippen molar-refractivity contribution in [2.45, 2.75) is 6.42 Å². The van der Waals surface area contributed by atoms with Crippen LogP contribution in [-0.2, 0) is 6.42 Å². The van der Waals surface area contributed by atoms with Gasteiger partial charge in [-0.15, -0.1) is 11.3 Å².